The lowest BCUT2D eigenvalue weighted by molar-refractivity contribution is 0.620. The predicted molar refractivity (Wildman–Crippen MR) is 76.2 cm³/mol. The average Bonchev–Trinajstić information content (AvgIpc) is 2.91. The maximum Gasteiger partial charge on any atom is 0.160 e. The summed E-state index contributed by atoms with van der Waals surface area (Å²) >= 11 is 7.55. The topological polar surface area (TPSA) is 30.7 Å². The molecule has 0 unspecified atom stereocenters. The minimum Gasteiger partial charge on any atom is -0.305 e. The first kappa shape index (κ1) is 11.7. The van der Waals surface area contributed by atoms with Crippen LogP contribution in [-0.4, -0.2) is 14.5 Å². The third-order valence-electron chi connectivity index (χ3n) is 2.76. The van der Waals surface area contributed by atoms with Crippen LogP contribution in [0.25, 0.3) is 21.9 Å². The van der Waals surface area contributed by atoms with E-state index in [-0.39, 0.29) is 0 Å². The Kier molecular flexibility index (Phi) is 2.84. The number of nitrogens with zero attached hydrogens (tertiary/aromatic N) is 3. The molecule has 3 aromatic rings. The minimum absolute atomic E-state index is 0.306. The van der Waals surface area contributed by atoms with E-state index in [1.165, 1.54) is 0 Å². The maximum absolute atomic E-state index is 6.01. The molecule has 0 saturated carbocycles. The molecule has 0 amide bonds. The van der Waals surface area contributed by atoms with Gasteiger partial charge in [0.05, 0.1) is 9.21 Å². The lowest BCUT2D eigenvalue weighted by Gasteiger charge is -2.10. The van der Waals surface area contributed by atoms with Gasteiger partial charge in [0.15, 0.2) is 11.5 Å². The molecule has 0 aliphatic carbocycles. The van der Waals surface area contributed by atoms with Crippen molar-refractivity contribution in [3.8, 4) is 10.7 Å². The molecule has 3 rings (SSSR count). The van der Waals surface area contributed by atoms with E-state index in [1.807, 2.05) is 24.3 Å². The number of hydrogen-bond acceptors (Lipinski definition) is 3. The number of imidazole rings is 1. The summed E-state index contributed by atoms with van der Waals surface area (Å²) < 4.78 is 2.93. The Hall–Kier alpha value is -1.39. The van der Waals surface area contributed by atoms with Crippen molar-refractivity contribution in [2.45, 2.75) is 19.9 Å². The zero-order valence-electron chi connectivity index (χ0n) is 10.1. The van der Waals surface area contributed by atoms with Gasteiger partial charge >= 0.3 is 0 Å². The van der Waals surface area contributed by atoms with Gasteiger partial charge in [-0.05, 0) is 38.1 Å². The van der Waals surface area contributed by atoms with E-state index in [0.29, 0.717) is 6.04 Å². The average molecular weight is 278 g/mol. The van der Waals surface area contributed by atoms with Crippen molar-refractivity contribution in [2.75, 3.05) is 0 Å². The van der Waals surface area contributed by atoms with Crippen LogP contribution in [0, 0.1) is 0 Å². The lowest BCUT2D eigenvalue weighted by atomic mass is 10.3. The molecule has 0 spiro atoms. The van der Waals surface area contributed by atoms with Crippen molar-refractivity contribution in [1.82, 2.24) is 14.5 Å². The van der Waals surface area contributed by atoms with E-state index in [4.69, 9.17) is 11.6 Å². The van der Waals surface area contributed by atoms with Crippen LogP contribution in [0.5, 0.6) is 0 Å². The molecule has 5 heteroatoms. The van der Waals surface area contributed by atoms with Crippen LogP contribution in [0.3, 0.4) is 0 Å². The third-order valence-corrected chi connectivity index (χ3v) is 3.99. The second-order valence-electron chi connectivity index (χ2n) is 4.35. The lowest BCUT2D eigenvalue weighted by Crippen LogP contribution is -2.03. The molecule has 0 aliphatic rings. The standard InChI is InChI=1S/C13H12ClN3S/c1-8(2)17-12-9(4-3-7-15-12)16-13(17)10-5-6-11(14)18-10/h3-8H,1-2H3. The van der Waals surface area contributed by atoms with Gasteiger partial charge in [0.2, 0.25) is 0 Å². The van der Waals surface area contributed by atoms with Crippen molar-refractivity contribution < 1.29 is 0 Å². The summed E-state index contributed by atoms with van der Waals surface area (Å²) in [6.07, 6.45) is 1.80. The number of rotatable bonds is 2. The Morgan fingerprint density at radius 3 is 2.78 bits per heavy atom. The highest BCUT2D eigenvalue weighted by Gasteiger charge is 2.16. The third kappa shape index (κ3) is 1.82. The van der Waals surface area contributed by atoms with Crippen molar-refractivity contribution in [3.05, 3.63) is 34.8 Å². The SMILES string of the molecule is CC(C)n1c(-c2ccc(Cl)s2)nc2cccnc21. The molecule has 3 heterocycles. The monoisotopic (exact) mass is 277 g/mol. The smallest absolute Gasteiger partial charge is 0.160 e. The number of fused-ring (bicyclic) bond motifs is 1. The minimum atomic E-state index is 0.306. The molecular weight excluding hydrogens is 266 g/mol. The van der Waals surface area contributed by atoms with Gasteiger partial charge in [0.1, 0.15) is 5.52 Å². The molecule has 18 heavy (non-hydrogen) atoms. The van der Waals surface area contributed by atoms with Crippen LogP contribution in [0.1, 0.15) is 19.9 Å². The predicted octanol–water partition coefficient (Wildman–Crippen LogP) is 4.39. The van der Waals surface area contributed by atoms with Gasteiger partial charge in [0.25, 0.3) is 0 Å². The quantitative estimate of drug-likeness (QED) is 0.695. The van der Waals surface area contributed by atoms with Crippen LogP contribution in [0.4, 0.5) is 0 Å². The summed E-state index contributed by atoms with van der Waals surface area (Å²) in [6.45, 7) is 4.27. The van der Waals surface area contributed by atoms with E-state index in [2.05, 4.69) is 28.4 Å². The fourth-order valence-electron chi connectivity index (χ4n) is 2.03. The van der Waals surface area contributed by atoms with E-state index in [9.17, 15) is 0 Å². The van der Waals surface area contributed by atoms with Gasteiger partial charge < -0.3 is 4.57 Å². The molecule has 0 saturated heterocycles. The molecule has 92 valence electrons. The van der Waals surface area contributed by atoms with E-state index < -0.39 is 0 Å². The Morgan fingerprint density at radius 1 is 1.28 bits per heavy atom. The van der Waals surface area contributed by atoms with Crippen LogP contribution in [0.15, 0.2) is 30.5 Å². The largest absolute Gasteiger partial charge is 0.305 e. The summed E-state index contributed by atoms with van der Waals surface area (Å²) in [5.74, 6) is 0.940. The molecular formula is C13H12ClN3S. The number of hydrogen-bond donors (Lipinski definition) is 0. The van der Waals surface area contributed by atoms with Gasteiger partial charge in [-0.25, -0.2) is 9.97 Å². The highest BCUT2D eigenvalue weighted by Crippen LogP contribution is 2.33. The Bertz CT molecular complexity index is 699. The summed E-state index contributed by atoms with van der Waals surface area (Å²) in [4.78, 5) is 10.2. The van der Waals surface area contributed by atoms with E-state index >= 15 is 0 Å². The first-order chi connectivity index (χ1) is 8.66. The normalized spacial score (nSPS) is 11.6. The van der Waals surface area contributed by atoms with Crippen LogP contribution in [-0.2, 0) is 0 Å². The first-order valence-corrected chi connectivity index (χ1v) is 6.95. The molecule has 0 aliphatic heterocycles. The summed E-state index contributed by atoms with van der Waals surface area (Å²) in [7, 11) is 0. The van der Waals surface area contributed by atoms with Crippen molar-refractivity contribution in [1.29, 1.82) is 0 Å². The van der Waals surface area contributed by atoms with Crippen LogP contribution >= 0.6 is 22.9 Å². The molecule has 0 aromatic carbocycles. The summed E-state index contributed by atoms with van der Waals surface area (Å²) in [5.41, 5.74) is 1.85. The Balaban J connectivity index is 2.31. The number of halogens is 1. The van der Waals surface area contributed by atoms with Gasteiger partial charge in [-0.3, -0.25) is 0 Å². The first-order valence-electron chi connectivity index (χ1n) is 5.75. The number of aromatic nitrogens is 3. The van der Waals surface area contributed by atoms with Gasteiger partial charge in [-0.1, -0.05) is 11.6 Å². The Morgan fingerprint density at radius 2 is 2.11 bits per heavy atom. The van der Waals surface area contributed by atoms with E-state index in [0.717, 1.165) is 26.2 Å². The van der Waals surface area contributed by atoms with Crippen molar-refractivity contribution in [2.24, 2.45) is 0 Å². The highest BCUT2D eigenvalue weighted by atomic mass is 35.5. The summed E-state index contributed by atoms with van der Waals surface area (Å²) in [6, 6.07) is 8.11. The summed E-state index contributed by atoms with van der Waals surface area (Å²) in [5, 5.41) is 0. The van der Waals surface area contributed by atoms with Gasteiger partial charge in [-0.15, -0.1) is 11.3 Å². The zero-order valence-corrected chi connectivity index (χ0v) is 11.7. The maximum atomic E-state index is 6.01. The molecule has 3 aromatic heterocycles. The van der Waals surface area contributed by atoms with Crippen molar-refractivity contribution in [3.63, 3.8) is 0 Å². The molecule has 3 nitrogen and oxygen atoms in total. The van der Waals surface area contributed by atoms with Crippen molar-refractivity contribution >= 4 is 34.1 Å². The highest BCUT2D eigenvalue weighted by molar-refractivity contribution is 7.19. The fourth-order valence-corrected chi connectivity index (χ4v) is 3.06. The van der Waals surface area contributed by atoms with Gasteiger partial charge in [-0.2, -0.15) is 0 Å². The fraction of sp³-hybridized carbons (Fsp3) is 0.231. The van der Waals surface area contributed by atoms with Crippen LogP contribution in [0.2, 0.25) is 4.34 Å². The molecule has 0 radical (unpaired) electrons. The number of thiophene rings is 1. The second-order valence-corrected chi connectivity index (χ2v) is 6.06. The van der Waals surface area contributed by atoms with Gasteiger partial charge in [0, 0.05) is 12.2 Å². The second kappa shape index (κ2) is 4.37. The Labute approximate surface area is 114 Å². The molecule has 0 bridgehead atoms. The number of pyridine rings is 1. The molecule has 0 fully saturated rings. The molecule has 0 N–H and O–H groups in total. The molecule has 0 atom stereocenters. The van der Waals surface area contributed by atoms with Crippen LogP contribution < -0.4 is 0 Å². The van der Waals surface area contributed by atoms with E-state index in [1.54, 1.807) is 17.5 Å². The zero-order chi connectivity index (χ0) is 12.7.